The Morgan fingerprint density at radius 1 is 0.585 bits per heavy atom. The number of unbranched alkanes of at least 4 members (excludes halogenated alkanes) is 16. The minimum Gasteiger partial charge on any atom is -0.394 e. The topological polar surface area (TPSA) is 89.8 Å². The number of rotatable bonds is 30. The molecule has 5 nitrogen and oxygen atoms in total. The number of hydrogen-bond acceptors (Lipinski definition) is 4. The molecule has 41 heavy (non-hydrogen) atoms. The van der Waals surface area contributed by atoms with Crippen molar-refractivity contribution in [3.8, 4) is 0 Å². The van der Waals surface area contributed by atoms with Gasteiger partial charge in [0.05, 0.1) is 18.8 Å². The highest BCUT2D eigenvalue weighted by Crippen LogP contribution is 2.12. The number of carbonyl (C=O) groups is 1. The zero-order valence-electron chi connectivity index (χ0n) is 26.9. The van der Waals surface area contributed by atoms with Crippen molar-refractivity contribution >= 4 is 5.91 Å². The number of nitrogens with one attached hydrogen (secondary N) is 1. The van der Waals surface area contributed by atoms with Crippen LogP contribution in [0.2, 0.25) is 0 Å². The lowest BCUT2D eigenvalue weighted by molar-refractivity contribution is -0.124. The summed E-state index contributed by atoms with van der Waals surface area (Å²) in [7, 11) is 0. The third kappa shape index (κ3) is 27.2. The maximum Gasteiger partial charge on any atom is 0.220 e. The predicted octanol–water partition coefficient (Wildman–Crippen LogP) is 8.87. The van der Waals surface area contributed by atoms with Gasteiger partial charge in [-0.05, 0) is 70.6 Å². The molecule has 1 amide bonds. The first kappa shape index (κ1) is 39.6. The molecule has 3 atom stereocenters. The predicted molar refractivity (Wildman–Crippen MR) is 176 cm³/mol. The summed E-state index contributed by atoms with van der Waals surface area (Å²) in [6, 6.07) is -0.833. The monoisotopic (exact) mass is 578 g/mol. The minimum atomic E-state index is -1.17. The van der Waals surface area contributed by atoms with E-state index in [2.05, 4.69) is 55.6 Å². The number of allylic oxidation sites excluding steroid dienone is 6. The summed E-state index contributed by atoms with van der Waals surface area (Å²) < 4.78 is 0. The first-order valence-electron chi connectivity index (χ1n) is 17.3. The van der Waals surface area contributed by atoms with Crippen LogP contribution in [0.4, 0.5) is 0 Å². The van der Waals surface area contributed by atoms with Gasteiger partial charge in [-0.25, -0.2) is 0 Å². The molecule has 0 heterocycles. The van der Waals surface area contributed by atoms with Crippen LogP contribution < -0.4 is 5.32 Å². The van der Waals surface area contributed by atoms with Crippen LogP contribution in [0.5, 0.6) is 0 Å². The van der Waals surface area contributed by atoms with Crippen LogP contribution in [0.25, 0.3) is 0 Å². The molecule has 0 radical (unpaired) electrons. The van der Waals surface area contributed by atoms with E-state index in [4.69, 9.17) is 0 Å². The highest BCUT2D eigenvalue weighted by atomic mass is 16.3. The van der Waals surface area contributed by atoms with Crippen molar-refractivity contribution in [2.24, 2.45) is 0 Å². The maximum absolute atomic E-state index is 12.3. The zero-order valence-corrected chi connectivity index (χ0v) is 26.9. The highest BCUT2D eigenvalue weighted by molar-refractivity contribution is 5.76. The van der Waals surface area contributed by atoms with Gasteiger partial charge in [-0.3, -0.25) is 4.79 Å². The van der Waals surface area contributed by atoms with Crippen LogP contribution in [0.1, 0.15) is 162 Å². The molecule has 0 aliphatic carbocycles. The number of carbonyl (C=O) groups excluding carboxylic acids is 1. The van der Waals surface area contributed by atoms with Gasteiger partial charge in [0.25, 0.3) is 0 Å². The second-order valence-electron chi connectivity index (χ2n) is 11.7. The first-order valence-corrected chi connectivity index (χ1v) is 17.3. The summed E-state index contributed by atoms with van der Waals surface area (Å²) in [5.41, 5.74) is 0. The molecule has 0 rings (SSSR count). The summed E-state index contributed by atoms with van der Waals surface area (Å²) in [6.45, 7) is 4.08. The first-order chi connectivity index (χ1) is 20.1. The van der Waals surface area contributed by atoms with Gasteiger partial charge in [-0.1, -0.05) is 121 Å². The Bertz CT molecular complexity index is 645. The molecule has 4 N–H and O–H groups in total. The highest BCUT2D eigenvalue weighted by Gasteiger charge is 2.26. The Hall–Kier alpha value is -1.43. The molecule has 5 heteroatoms. The van der Waals surface area contributed by atoms with Crippen molar-refractivity contribution in [3.05, 3.63) is 36.5 Å². The van der Waals surface area contributed by atoms with E-state index in [1.54, 1.807) is 0 Å². The van der Waals surface area contributed by atoms with Gasteiger partial charge in [0.15, 0.2) is 0 Å². The molecule has 0 aromatic carbocycles. The second kappa shape index (κ2) is 31.5. The normalized spacial score (nSPS) is 14.4. The van der Waals surface area contributed by atoms with E-state index in [1.807, 2.05) is 0 Å². The van der Waals surface area contributed by atoms with Crippen LogP contribution in [-0.4, -0.2) is 46.1 Å². The summed E-state index contributed by atoms with van der Waals surface area (Å²) in [4.78, 5) is 12.3. The van der Waals surface area contributed by atoms with Crippen molar-refractivity contribution in [2.75, 3.05) is 6.61 Å². The molecule has 0 fully saturated rings. The van der Waals surface area contributed by atoms with E-state index in [1.165, 1.54) is 77.0 Å². The van der Waals surface area contributed by atoms with Gasteiger partial charge >= 0.3 is 0 Å². The standard InChI is InChI=1S/C36H67NO4/c1-3-5-7-9-11-13-15-16-17-18-19-21-23-25-27-29-31-35(40)37-33(32-38)36(41)34(39)30-28-26-24-22-20-14-12-10-8-6-4-2/h10,12,17-18,22,24,33-34,36,38-39,41H,3-9,11,13-16,19-21,23,25-32H2,1-2H3,(H,37,40)/b12-10+,18-17-,24-22+. The quantitative estimate of drug-likeness (QED) is 0.0507. The van der Waals surface area contributed by atoms with Crippen LogP contribution in [-0.2, 0) is 4.79 Å². The number of amides is 1. The largest absolute Gasteiger partial charge is 0.394 e. The molecule has 0 spiro atoms. The fourth-order valence-corrected chi connectivity index (χ4v) is 4.92. The average Bonchev–Trinajstić information content (AvgIpc) is 2.97. The maximum atomic E-state index is 12.3. The molecular weight excluding hydrogens is 510 g/mol. The van der Waals surface area contributed by atoms with Gasteiger partial charge in [-0.15, -0.1) is 0 Å². The van der Waals surface area contributed by atoms with Crippen molar-refractivity contribution in [1.29, 1.82) is 0 Å². The Kier molecular flexibility index (Phi) is 30.4. The van der Waals surface area contributed by atoms with Gasteiger partial charge < -0.3 is 20.6 Å². The van der Waals surface area contributed by atoms with E-state index in [0.717, 1.165) is 57.8 Å². The van der Waals surface area contributed by atoms with Crippen LogP contribution >= 0.6 is 0 Å². The summed E-state index contributed by atoms with van der Waals surface area (Å²) >= 11 is 0. The lowest BCUT2D eigenvalue weighted by Gasteiger charge is -2.26. The van der Waals surface area contributed by atoms with Crippen LogP contribution in [0, 0.1) is 0 Å². The van der Waals surface area contributed by atoms with Crippen molar-refractivity contribution < 1.29 is 20.1 Å². The van der Waals surface area contributed by atoms with Gasteiger partial charge in [-0.2, -0.15) is 0 Å². The molecule has 3 unspecified atom stereocenters. The third-order valence-electron chi connectivity index (χ3n) is 7.69. The van der Waals surface area contributed by atoms with E-state index < -0.39 is 18.2 Å². The molecule has 0 aliphatic heterocycles. The Balaban J connectivity index is 3.79. The van der Waals surface area contributed by atoms with Gasteiger partial charge in [0.1, 0.15) is 6.10 Å². The molecule has 0 saturated heterocycles. The Labute approximate surface area is 254 Å². The van der Waals surface area contributed by atoms with Crippen molar-refractivity contribution in [2.45, 2.75) is 180 Å². The fourth-order valence-electron chi connectivity index (χ4n) is 4.92. The van der Waals surface area contributed by atoms with Gasteiger partial charge in [0, 0.05) is 6.42 Å². The van der Waals surface area contributed by atoms with E-state index >= 15 is 0 Å². The van der Waals surface area contributed by atoms with E-state index in [0.29, 0.717) is 12.8 Å². The Morgan fingerprint density at radius 2 is 1.02 bits per heavy atom. The Morgan fingerprint density at radius 3 is 1.56 bits per heavy atom. The summed E-state index contributed by atoms with van der Waals surface area (Å²) in [5.74, 6) is -0.171. The summed E-state index contributed by atoms with van der Waals surface area (Å²) in [6.07, 6.45) is 36.6. The van der Waals surface area contributed by atoms with Crippen LogP contribution in [0.3, 0.4) is 0 Å². The van der Waals surface area contributed by atoms with E-state index in [9.17, 15) is 20.1 Å². The lowest BCUT2D eigenvalue weighted by Crippen LogP contribution is -2.50. The van der Waals surface area contributed by atoms with Crippen molar-refractivity contribution in [1.82, 2.24) is 5.32 Å². The lowest BCUT2D eigenvalue weighted by atomic mass is 10.0. The number of aliphatic hydroxyl groups is 3. The van der Waals surface area contributed by atoms with Crippen molar-refractivity contribution in [3.63, 3.8) is 0 Å². The fraction of sp³-hybridized carbons (Fsp3) is 0.806. The molecule has 0 aromatic heterocycles. The molecule has 240 valence electrons. The minimum absolute atomic E-state index is 0.171. The molecule has 0 aromatic rings. The average molecular weight is 578 g/mol. The zero-order chi connectivity index (χ0) is 30.2. The number of aliphatic hydroxyl groups excluding tert-OH is 3. The molecule has 0 aliphatic rings. The molecule has 0 bridgehead atoms. The summed E-state index contributed by atoms with van der Waals surface area (Å²) in [5, 5.41) is 33.2. The van der Waals surface area contributed by atoms with Crippen LogP contribution in [0.15, 0.2) is 36.5 Å². The van der Waals surface area contributed by atoms with Gasteiger partial charge in [0.2, 0.25) is 5.91 Å². The third-order valence-corrected chi connectivity index (χ3v) is 7.69. The van der Waals surface area contributed by atoms with E-state index in [-0.39, 0.29) is 12.5 Å². The SMILES string of the molecule is CCCC/C=C/CC/C=C/CCCC(O)C(O)C(CO)NC(=O)CCCCCCC/C=C\CCCCCCCCC. The smallest absolute Gasteiger partial charge is 0.220 e. The number of hydrogen-bond donors (Lipinski definition) is 4. The molecule has 0 saturated carbocycles. The molecular formula is C36H67NO4. The second-order valence-corrected chi connectivity index (χ2v) is 11.7.